The molecule has 0 aromatic rings. The lowest BCUT2D eigenvalue weighted by atomic mass is 10.0. The third kappa shape index (κ3) is 34.7. The van der Waals surface area contributed by atoms with Crippen LogP contribution in [0.5, 0.6) is 0 Å². The van der Waals surface area contributed by atoms with Crippen LogP contribution in [0.2, 0.25) is 0 Å². The van der Waals surface area contributed by atoms with Gasteiger partial charge in [0, 0.05) is 12.8 Å². The van der Waals surface area contributed by atoms with Crippen LogP contribution < -0.4 is 10.6 Å². The Kier molecular flexibility index (Phi) is 36.5. The van der Waals surface area contributed by atoms with E-state index in [9.17, 15) is 19.2 Å². The third-order valence-electron chi connectivity index (χ3n) is 9.76. The van der Waals surface area contributed by atoms with Crippen molar-refractivity contribution in [1.29, 1.82) is 0 Å². The minimum absolute atomic E-state index is 0.0108. The molecule has 0 heterocycles. The molecule has 4 N–H and O–H groups in total. The molecule has 0 aliphatic carbocycles. The van der Waals surface area contributed by atoms with E-state index in [4.69, 9.17) is 14.9 Å². The van der Waals surface area contributed by atoms with Gasteiger partial charge in [-0.1, -0.05) is 148 Å². The first kappa shape index (κ1) is 49.6. The van der Waals surface area contributed by atoms with Crippen molar-refractivity contribution in [3.05, 3.63) is 12.2 Å². The molecule has 0 fully saturated rings. The number of carboxylic acid groups (broad SMARTS) is 1. The number of hydrogen-bond donors (Lipinski definition) is 4. The molecule has 52 heavy (non-hydrogen) atoms. The van der Waals surface area contributed by atoms with Crippen LogP contribution in [0.15, 0.2) is 12.2 Å². The number of esters is 1. The summed E-state index contributed by atoms with van der Waals surface area (Å²) in [5, 5.41) is 22.5. The normalized spacial score (nSPS) is 12.5. The van der Waals surface area contributed by atoms with Gasteiger partial charge in [-0.2, -0.15) is 0 Å². The van der Waals surface area contributed by atoms with Crippen molar-refractivity contribution in [2.24, 2.45) is 0 Å². The number of carbonyl (C=O) groups is 4. The topological polar surface area (TPSA) is 142 Å². The second-order valence-electron chi connectivity index (χ2n) is 14.8. The zero-order chi connectivity index (χ0) is 38.3. The first-order valence-corrected chi connectivity index (χ1v) is 21.6. The van der Waals surface area contributed by atoms with Crippen molar-refractivity contribution in [1.82, 2.24) is 10.6 Å². The summed E-state index contributed by atoms with van der Waals surface area (Å²) >= 11 is 0. The molecule has 2 unspecified atom stereocenters. The molecule has 9 nitrogen and oxygen atoms in total. The van der Waals surface area contributed by atoms with Gasteiger partial charge in [-0.3, -0.25) is 14.4 Å². The maximum Gasteiger partial charge on any atom is 0.328 e. The molecule has 0 bridgehead atoms. The van der Waals surface area contributed by atoms with Crippen molar-refractivity contribution in [2.75, 3.05) is 13.2 Å². The summed E-state index contributed by atoms with van der Waals surface area (Å²) in [6.07, 6.45) is 39.5. The third-order valence-corrected chi connectivity index (χ3v) is 9.76. The molecule has 9 heteroatoms. The molecule has 0 rings (SSSR count). The zero-order valence-electron chi connectivity index (χ0n) is 33.6. The summed E-state index contributed by atoms with van der Waals surface area (Å²) in [5.41, 5.74) is 0. The van der Waals surface area contributed by atoms with Gasteiger partial charge >= 0.3 is 11.9 Å². The summed E-state index contributed by atoms with van der Waals surface area (Å²) < 4.78 is 6.02. The van der Waals surface area contributed by atoms with Crippen LogP contribution in [0.4, 0.5) is 0 Å². The average Bonchev–Trinajstić information content (AvgIpc) is 3.13. The molecular formula is C43H80N2O7. The fourth-order valence-corrected chi connectivity index (χ4v) is 6.42. The zero-order valence-corrected chi connectivity index (χ0v) is 33.6. The molecule has 0 aromatic heterocycles. The first-order chi connectivity index (χ1) is 25.3. The van der Waals surface area contributed by atoms with E-state index in [-0.39, 0.29) is 24.5 Å². The van der Waals surface area contributed by atoms with Crippen molar-refractivity contribution >= 4 is 23.8 Å². The number of hydrogen-bond acceptors (Lipinski definition) is 6. The standard InChI is InChI=1S/C43H80N2O7/c1-3-5-7-9-11-13-15-16-18-20-22-27-31-35-42(49)52-38(32-28-24-21-19-17-14-12-10-8-6-4-2)33-29-25-23-26-30-34-40(47)44-36-41(48)45-39(37-46)43(50)51/h13,15,38-39,46H,3-12,14,16-37H2,1-2H3,(H,44,47)(H,45,48)(H,50,51)/b15-13-. The number of rotatable bonds is 39. The van der Waals surface area contributed by atoms with Gasteiger partial charge in [-0.25, -0.2) is 4.79 Å². The number of ether oxygens (including phenoxy) is 1. The van der Waals surface area contributed by atoms with E-state index in [1.165, 1.54) is 116 Å². The lowest BCUT2D eigenvalue weighted by molar-refractivity contribution is -0.150. The second kappa shape index (κ2) is 38.3. The number of allylic oxidation sites excluding steroid dienone is 2. The van der Waals surface area contributed by atoms with E-state index in [1.807, 2.05) is 0 Å². The number of unbranched alkanes of at least 4 members (excludes halogenated alkanes) is 23. The van der Waals surface area contributed by atoms with E-state index in [0.717, 1.165) is 64.2 Å². The minimum atomic E-state index is -1.38. The van der Waals surface area contributed by atoms with Gasteiger partial charge in [0.05, 0.1) is 13.2 Å². The van der Waals surface area contributed by atoms with Crippen LogP contribution in [-0.4, -0.2) is 59.3 Å². The molecule has 0 saturated carbocycles. The van der Waals surface area contributed by atoms with Crippen LogP contribution in [0.3, 0.4) is 0 Å². The van der Waals surface area contributed by atoms with Crippen LogP contribution in [0.25, 0.3) is 0 Å². The van der Waals surface area contributed by atoms with Crippen molar-refractivity contribution < 1.29 is 34.1 Å². The van der Waals surface area contributed by atoms with E-state index in [2.05, 4.69) is 36.6 Å². The molecule has 0 radical (unpaired) electrons. The van der Waals surface area contributed by atoms with Gasteiger partial charge in [0.25, 0.3) is 0 Å². The van der Waals surface area contributed by atoms with Gasteiger partial charge in [0.1, 0.15) is 12.1 Å². The summed E-state index contributed by atoms with van der Waals surface area (Å²) in [7, 11) is 0. The summed E-state index contributed by atoms with van der Waals surface area (Å²) in [6.45, 7) is 3.48. The van der Waals surface area contributed by atoms with Gasteiger partial charge in [0.15, 0.2) is 0 Å². The van der Waals surface area contributed by atoms with Gasteiger partial charge in [-0.05, 0) is 64.2 Å². The number of aliphatic carboxylic acids is 1. The highest BCUT2D eigenvalue weighted by atomic mass is 16.5. The Morgan fingerprint density at radius 2 is 0.981 bits per heavy atom. The molecule has 0 aromatic carbocycles. The molecule has 304 valence electrons. The monoisotopic (exact) mass is 737 g/mol. The van der Waals surface area contributed by atoms with E-state index in [1.54, 1.807) is 0 Å². The number of aliphatic hydroxyl groups is 1. The molecular weight excluding hydrogens is 656 g/mol. The van der Waals surface area contributed by atoms with Gasteiger partial charge in [-0.15, -0.1) is 0 Å². The fourth-order valence-electron chi connectivity index (χ4n) is 6.42. The lowest BCUT2D eigenvalue weighted by Gasteiger charge is -2.18. The number of amides is 2. The van der Waals surface area contributed by atoms with E-state index >= 15 is 0 Å². The highest BCUT2D eigenvalue weighted by molar-refractivity contribution is 5.87. The Bertz CT molecular complexity index is 895. The smallest absolute Gasteiger partial charge is 0.328 e. The maximum atomic E-state index is 12.8. The van der Waals surface area contributed by atoms with Crippen LogP contribution in [-0.2, 0) is 23.9 Å². The predicted octanol–water partition coefficient (Wildman–Crippen LogP) is 10.3. The average molecular weight is 737 g/mol. The molecule has 0 aliphatic rings. The predicted molar refractivity (Wildman–Crippen MR) is 213 cm³/mol. The molecule has 2 atom stereocenters. The Morgan fingerprint density at radius 3 is 1.46 bits per heavy atom. The van der Waals surface area contributed by atoms with Gasteiger partial charge < -0.3 is 25.6 Å². The van der Waals surface area contributed by atoms with Crippen LogP contribution in [0, 0.1) is 0 Å². The summed E-state index contributed by atoms with van der Waals surface area (Å²) in [6, 6.07) is -1.38. The summed E-state index contributed by atoms with van der Waals surface area (Å²) in [4.78, 5) is 47.5. The molecule has 2 amide bonds. The highest BCUT2D eigenvalue weighted by Crippen LogP contribution is 2.19. The largest absolute Gasteiger partial charge is 0.480 e. The first-order valence-electron chi connectivity index (χ1n) is 21.6. The van der Waals surface area contributed by atoms with Gasteiger partial charge in [0.2, 0.25) is 11.8 Å². The number of carbonyl (C=O) groups excluding carboxylic acids is 3. The quantitative estimate of drug-likeness (QED) is 0.0279. The number of nitrogens with one attached hydrogen (secondary N) is 2. The molecule has 0 spiro atoms. The molecule has 0 aliphatic heterocycles. The van der Waals surface area contributed by atoms with E-state index < -0.39 is 24.5 Å². The Hall–Kier alpha value is -2.42. The Balaban J connectivity index is 4.29. The van der Waals surface area contributed by atoms with Crippen LogP contribution in [0.1, 0.15) is 213 Å². The lowest BCUT2D eigenvalue weighted by Crippen LogP contribution is -2.47. The Labute approximate surface area is 318 Å². The Morgan fingerprint density at radius 1 is 0.558 bits per heavy atom. The minimum Gasteiger partial charge on any atom is -0.480 e. The van der Waals surface area contributed by atoms with Crippen LogP contribution >= 0.6 is 0 Å². The van der Waals surface area contributed by atoms with Crippen molar-refractivity contribution in [3.63, 3.8) is 0 Å². The summed E-state index contributed by atoms with van der Waals surface area (Å²) in [5.74, 6) is -2.29. The fraction of sp³-hybridized carbons (Fsp3) is 0.860. The van der Waals surface area contributed by atoms with Crippen molar-refractivity contribution in [2.45, 2.75) is 225 Å². The maximum absolute atomic E-state index is 12.8. The number of aliphatic hydroxyl groups excluding tert-OH is 1. The molecule has 0 saturated heterocycles. The highest BCUT2D eigenvalue weighted by Gasteiger charge is 2.19. The second-order valence-corrected chi connectivity index (χ2v) is 14.8. The van der Waals surface area contributed by atoms with E-state index in [0.29, 0.717) is 19.3 Å². The number of carboxylic acids is 1. The van der Waals surface area contributed by atoms with Crippen molar-refractivity contribution in [3.8, 4) is 0 Å². The SMILES string of the molecule is CCCCCC/C=C\CCCCCCCC(=O)OC(CCCCCCCCCCCCC)CCCCCCCC(=O)NCC(=O)NC(CO)C(=O)O.